The molecule has 0 radical (unpaired) electrons. The Bertz CT molecular complexity index is 1210. The van der Waals surface area contributed by atoms with Gasteiger partial charge < -0.3 is 0 Å². The molecule has 0 aliphatic heterocycles. The molecule has 1 aromatic heterocycles. The maximum Gasteiger partial charge on any atom is 0.266 e. The summed E-state index contributed by atoms with van der Waals surface area (Å²) in [7, 11) is 0. The first-order valence-corrected chi connectivity index (χ1v) is 9.73. The van der Waals surface area contributed by atoms with Gasteiger partial charge in [-0.2, -0.15) is 0 Å². The Kier molecular flexibility index (Phi) is 4.90. The molecular formula is C23H17IN2O. The second kappa shape index (κ2) is 7.48. The van der Waals surface area contributed by atoms with Gasteiger partial charge in [0, 0.05) is 3.57 Å². The zero-order chi connectivity index (χ0) is 18.8. The molecule has 4 heteroatoms. The maximum atomic E-state index is 13.4. The van der Waals surface area contributed by atoms with Gasteiger partial charge in [0.05, 0.1) is 16.6 Å². The average molecular weight is 464 g/mol. The highest BCUT2D eigenvalue weighted by atomic mass is 127. The molecule has 1 heterocycles. The third kappa shape index (κ3) is 3.57. The van der Waals surface area contributed by atoms with Gasteiger partial charge in [-0.1, -0.05) is 54.6 Å². The van der Waals surface area contributed by atoms with Crippen LogP contribution >= 0.6 is 22.6 Å². The fourth-order valence-corrected chi connectivity index (χ4v) is 3.56. The van der Waals surface area contributed by atoms with E-state index in [0.29, 0.717) is 16.7 Å². The third-order valence-electron chi connectivity index (χ3n) is 4.44. The van der Waals surface area contributed by atoms with Gasteiger partial charge >= 0.3 is 0 Å². The quantitative estimate of drug-likeness (QED) is 0.377. The van der Waals surface area contributed by atoms with Gasteiger partial charge in [0.1, 0.15) is 5.82 Å². The van der Waals surface area contributed by atoms with Crippen molar-refractivity contribution < 1.29 is 0 Å². The molecule has 0 spiro atoms. The number of aromatic nitrogens is 2. The van der Waals surface area contributed by atoms with Crippen LogP contribution in [0, 0.1) is 10.5 Å². The molecule has 0 fully saturated rings. The van der Waals surface area contributed by atoms with Crippen molar-refractivity contribution in [2.45, 2.75) is 6.92 Å². The largest absolute Gasteiger partial charge is 0.268 e. The predicted octanol–water partition coefficient (Wildman–Crippen LogP) is 5.47. The van der Waals surface area contributed by atoms with E-state index in [1.54, 1.807) is 4.57 Å². The number of nitrogens with zero attached hydrogens (tertiary/aromatic N) is 2. The summed E-state index contributed by atoms with van der Waals surface area (Å²) in [4.78, 5) is 18.1. The molecule has 0 aliphatic carbocycles. The van der Waals surface area contributed by atoms with Crippen LogP contribution in [0.25, 0.3) is 28.7 Å². The molecule has 4 rings (SSSR count). The van der Waals surface area contributed by atoms with Crippen LogP contribution in [-0.4, -0.2) is 9.55 Å². The molecule has 0 amide bonds. The SMILES string of the molecule is Cc1ccccc1-n1c(C=Cc2ccccc2)nc2ccc(I)cc2c1=O. The molecular weight excluding hydrogens is 447 g/mol. The lowest BCUT2D eigenvalue weighted by atomic mass is 10.1. The minimum atomic E-state index is -0.0551. The summed E-state index contributed by atoms with van der Waals surface area (Å²) in [6, 6.07) is 23.7. The first-order valence-electron chi connectivity index (χ1n) is 8.65. The second-order valence-corrected chi connectivity index (χ2v) is 7.55. The number of halogens is 1. The number of rotatable bonds is 3. The zero-order valence-electron chi connectivity index (χ0n) is 14.8. The monoisotopic (exact) mass is 464 g/mol. The van der Waals surface area contributed by atoms with E-state index < -0.39 is 0 Å². The van der Waals surface area contributed by atoms with Gasteiger partial charge in [-0.25, -0.2) is 4.98 Å². The van der Waals surface area contributed by atoms with Crippen molar-refractivity contribution in [2.24, 2.45) is 0 Å². The minimum absolute atomic E-state index is 0.0551. The molecule has 3 aromatic carbocycles. The molecule has 27 heavy (non-hydrogen) atoms. The summed E-state index contributed by atoms with van der Waals surface area (Å²) in [5.74, 6) is 0.617. The summed E-state index contributed by atoms with van der Waals surface area (Å²) in [5.41, 5.74) is 3.59. The smallest absolute Gasteiger partial charge is 0.266 e. The second-order valence-electron chi connectivity index (χ2n) is 6.30. The van der Waals surface area contributed by atoms with Crippen molar-refractivity contribution in [3.05, 3.63) is 104 Å². The number of para-hydroxylation sites is 1. The highest BCUT2D eigenvalue weighted by molar-refractivity contribution is 14.1. The number of benzene rings is 3. The molecule has 3 nitrogen and oxygen atoms in total. The van der Waals surface area contributed by atoms with Gasteiger partial charge in [0.25, 0.3) is 5.56 Å². The van der Waals surface area contributed by atoms with Crippen molar-refractivity contribution in [2.75, 3.05) is 0 Å². The highest BCUT2D eigenvalue weighted by Crippen LogP contribution is 2.19. The van der Waals surface area contributed by atoms with Crippen molar-refractivity contribution >= 4 is 45.6 Å². The van der Waals surface area contributed by atoms with Crippen molar-refractivity contribution in [3.63, 3.8) is 0 Å². The first-order chi connectivity index (χ1) is 13.1. The lowest BCUT2D eigenvalue weighted by Crippen LogP contribution is -2.23. The summed E-state index contributed by atoms with van der Waals surface area (Å²) in [5, 5.41) is 0.627. The summed E-state index contributed by atoms with van der Waals surface area (Å²) >= 11 is 2.22. The van der Waals surface area contributed by atoms with Gasteiger partial charge in [-0.15, -0.1) is 0 Å². The molecule has 0 bridgehead atoms. The number of hydrogen-bond acceptors (Lipinski definition) is 2. The van der Waals surface area contributed by atoms with Gasteiger partial charge in [-0.3, -0.25) is 9.36 Å². The molecule has 0 aliphatic rings. The highest BCUT2D eigenvalue weighted by Gasteiger charge is 2.13. The Morgan fingerprint density at radius 2 is 1.67 bits per heavy atom. The standard InChI is InChI=1S/C23H17IN2O/c1-16-7-5-6-10-21(16)26-22(14-11-17-8-3-2-4-9-17)25-20-13-12-18(24)15-19(20)23(26)27/h2-15H,1H3. The van der Waals surface area contributed by atoms with E-state index in [4.69, 9.17) is 4.98 Å². The lowest BCUT2D eigenvalue weighted by molar-refractivity contribution is 0.934. The van der Waals surface area contributed by atoms with Crippen molar-refractivity contribution in [1.29, 1.82) is 0 Å². The molecule has 4 aromatic rings. The topological polar surface area (TPSA) is 34.9 Å². The molecule has 0 N–H and O–H groups in total. The van der Waals surface area contributed by atoms with E-state index in [2.05, 4.69) is 22.6 Å². The number of fused-ring (bicyclic) bond motifs is 1. The van der Waals surface area contributed by atoms with E-state index in [-0.39, 0.29) is 5.56 Å². The van der Waals surface area contributed by atoms with Gasteiger partial charge in [-0.05, 0) is 71.0 Å². The summed E-state index contributed by atoms with van der Waals surface area (Å²) in [6.07, 6.45) is 3.88. The molecule has 0 saturated heterocycles. The van der Waals surface area contributed by atoms with Crippen molar-refractivity contribution in [3.8, 4) is 5.69 Å². The van der Waals surface area contributed by atoms with Crippen molar-refractivity contribution in [1.82, 2.24) is 9.55 Å². The van der Waals surface area contributed by atoms with Crippen LogP contribution in [0.3, 0.4) is 0 Å². The van der Waals surface area contributed by atoms with E-state index in [9.17, 15) is 4.79 Å². The Morgan fingerprint density at radius 3 is 2.44 bits per heavy atom. The third-order valence-corrected chi connectivity index (χ3v) is 5.11. The fraction of sp³-hybridized carbons (Fsp3) is 0.0435. The van der Waals surface area contributed by atoms with E-state index in [0.717, 1.165) is 20.4 Å². The Labute approximate surface area is 171 Å². The molecule has 132 valence electrons. The predicted molar refractivity (Wildman–Crippen MR) is 120 cm³/mol. The Hall–Kier alpha value is -2.73. The van der Waals surface area contributed by atoms with Crippen LogP contribution in [-0.2, 0) is 0 Å². The van der Waals surface area contributed by atoms with Crippen LogP contribution in [0.4, 0.5) is 0 Å². The lowest BCUT2D eigenvalue weighted by Gasteiger charge is -2.13. The van der Waals surface area contributed by atoms with Gasteiger partial charge in [0.15, 0.2) is 0 Å². The number of aryl methyl sites for hydroxylation is 1. The summed E-state index contributed by atoms with van der Waals surface area (Å²) < 4.78 is 2.72. The van der Waals surface area contributed by atoms with Crippen LogP contribution in [0.2, 0.25) is 0 Å². The maximum absolute atomic E-state index is 13.4. The number of hydrogen-bond donors (Lipinski definition) is 0. The molecule has 0 atom stereocenters. The van der Waals surface area contributed by atoms with Crippen LogP contribution in [0.15, 0.2) is 77.6 Å². The van der Waals surface area contributed by atoms with Crippen LogP contribution < -0.4 is 5.56 Å². The average Bonchev–Trinajstić information content (AvgIpc) is 2.69. The first kappa shape index (κ1) is 17.7. The Balaban J connectivity index is 2.00. The van der Waals surface area contributed by atoms with E-state index >= 15 is 0 Å². The zero-order valence-corrected chi connectivity index (χ0v) is 16.9. The summed E-state index contributed by atoms with van der Waals surface area (Å²) in [6.45, 7) is 2.01. The van der Waals surface area contributed by atoms with E-state index in [1.165, 1.54) is 0 Å². The molecule has 0 unspecified atom stereocenters. The van der Waals surface area contributed by atoms with E-state index in [1.807, 2.05) is 91.9 Å². The minimum Gasteiger partial charge on any atom is -0.268 e. The van der Waals surface area contributed by atoms with Crippen LogP contribution in [0.1, 0.15) is 17.0 Å². The molecule has 0 saturated carbocycles. The van der Waals surface area contributed by atoms with Crippen LogP contribution in [0.5, 0.6) is 0 Å². The Morgan fingerprint density at radius 1 is 0.926 bits per heavy atom. The van der Waals surface area contributed by atoms with Gasteiger partial charge in [0.2, 0.25) is 0 Å². The normalized spacial score (nSPS) is 11.3. The fourth-order valence-electron chi connectivity index (χ4n) is 3.07.